The molecule has 0 radical (unpaired) electrons. The molecule has 0 spiro atoms. The molecule has 0 aliphatic carbocycles. The predicted molar refractivity (Wildman–Crippen MR) is 126 cm³/mol. The van der Waals surface area contributed by atoms with Crippen LogP contribution in [0.5, 0.6) is 5.75 Å². The summed E-state index contributed by atoms with van der Waals surface area (Å²) < 4.78 is 30.1. The lowest BCUT2D eigenvalue weighted by Crippen LogP contribution is -2.17. The number of carbonyl (C=O) groups excluding carboxylic acids is 1. The van der Waals surface area contributed by atoms with Gasteiger partial charge in [-0.25, -0.2) is 5.43 Å². The molecule has 1 amide bonds. The molecule has 34 heavy (non-hydrogen) atoms. The Morgan fingerprint density at radius 1 is 0.941 bits per heavy atom. The third-order valence-electron chi connectivity index (χ3n) is 4.80. The number of hydrazone groups is 1. The number of carbonyl (C=O) groups is 1. The van der Waals surface area contributed by atoms with Gasteiger partial charge < -0.3 is 4.18 Å². The fourth-order valence-corrected chi connectivity index (χ4v) is 4.19. The Hall–Kier alpha value is -4.57. The molecule has 0 heterocycles. The molecule has 0 aromatic heterocycles. The highest BCUT2D eigenvalue weighted by Crippen LogP contribution is 2.23. The van der Waals surface area contributed by atoms with Crippen molar-refractivity contribution in [2.24, 2.45) is 5.10 Å². The molecule has 1 N–H and O–H groups in total. The first kappa shape index (κ1) is 22.6. The van der Waals surface area contributed by atoms with Crippen molar-refractivity contribution in [1.82, 2.24) is 5.43 Å². The summed E-state index contributed by atoms with van der Waals surface area (Å²) in [4.78, 5) is 22.4. The summed E-state index contributed by atoms with van der Waals surface area (Å²) in [6.07, 6.45) is 1.34. The van der Waals surface area contributed by atoms with Gasteiger partial charge in [0.15, 0.2) is 0 Å². The van der Waals surface area contributed by atoms with Crippen LogP contribution in [0.2, 0.25) is 0 Å². The van der Waals surface area contributed by atoms with Crippen LogP contribution in [-0.4, -0.2) is 25.5 Å². The van der Waals surface area contributed by atoms with E-state index in [4.69, 9.17) is 4.18 Å². The normalized spacial score (nSPS) is 11.4. The van der Waals surface area contributed by atoms with Gasteiger partial charge in [0.05, 0.1) is 11.1 Å². The van der Waals surface area contributed by atoms with Crippen LogP contribution in [0.1, 0.15) is 15.9 Å². The quantitative estimate of drug-likeness (QED) is 0.184. The van der Waals surface area contributed by atoms with Crippen LogP contribution < -0.4 is 9.61 Å². The Balaban J connectivity index is 1.48. The van der Waals surface area contributed by atoms with Gasteiger partial charge in [0.2, 0.25) is 0 Å². The van der Waals surface area contributed by atoms with E-state index in [2.05, 4.69) is 10.5 Å². The topological polar surface area (TPSA) is 128 Å². The zero-order valence-electron chi connectivity index (χ0n) is 17.5. The number of nitro groups is 1. The molecular weight excluding hydrogens is 458 g/mol. The van der Waals surface area contributed by atoms with Gasteiger partial charge in [-0.3, -0.25) is 14.9 Å². The predicted octanol–water partition coefficient (Wildman–Crippen LogP) is 4.28. The lowest BCUT2D eigenvalue weighted by molar-refractivity contribution is -0.385. The molecule has 0 unspecified atom stereocenters. The summed E-state index contributed by atoms with van der Waals surface area (Å²) in [5.41, 5.74) is 3.02. The molecule has 0 fully saturated rings. The molecule has 0 aliphatic heterocycles. The second-order valence-electron chi connectivity index (χ2n) is 7.09. The monoisotopic (exact) mass is 475 g/mol. The largest absolute Gasteiger partial charge is 0.379 e. The molecule has 10 heteroatoms. The summed E-state index contributed by atoms with van der Waals surface area (Å²) >= 11 is 0. The number of amides is 1. The van der Waals surface area contributed by atoms with Crippen LogP contribution in [0, 0.1) is 10.1 Å². The maximum absolute atomic E-state index is 12.6. The van der Waals surface area contributed by atoms with Crippen LogP contribution in [0.4, 0.5) is 5.69 Å². The maximum Gasteiger partial charge on any atom is 0.339 e. The lowest BCUT2D eigenvalue weighted by Gasteiger charge is -2.07. The molecule has 0 atom stereocenters. The fourth-order valence-electron chi connectivity index (χ4n) is 3.22. The Morgan fingerprint density at radius 2 is 1.68 bits per heavy atom. The van der Waals surface area contributed by atoms with Gasteiger partial charge in [0.1, 0.15) is 10.6 Å². The van der Waals surface area contributed by atoms with Crippen molar-refractivity contribution in [2.45, 2.75) is 4.90 Å². The first-order valence-electron chi connectivity index (χ1n) is 9.94. The highest BCUT2D eigenvalue weighted by molar-refractivity contribution is 7.87. The number of hydrogen-bond acceptors (Lipinski definition) is 7. The van der Waals surface area contributed by atoms with Gasteiger partial charge in [-0.1, -0.05) is 54.6 Å². The molecular formula is C24H17N3O6S. The Bertz CT molecular complexity index is 1530. The number of rotatable bonds is 7. The molecule has 4 rings (SSSR count). The third-order valence-corrected chi connectivity index (χ3v) is 6.04. The minimum atomic E-state index is -4.30. The van der Waals surface area contributed by atoms with Crippen molar-refractivity contribution in [3.05, 3.63) is 112 Å². The van der Waals surface area contributed by atoms with Crippen LogP contribution in [0.25, 0.3) is 10.8 Å². The fraction of sp³-hybridized carbons (Fsp3) is 0. The van der Waals surface area contributed by atoms with E-state index in [9.17, 15) is 23.3 Å². The molecule has 9 nitrogen and oxygen atoms in total. The molecule has 4 aromatic carbocycles. The van der Waals surface area contributed by atoms with Gasteiger partial charge in [-0.15, -0.1) is 0 Å². The van der Waals surface area contributed by atoms with Crippen molar-refractivity contribution < 1.29 is 22.3 Å². The van der Waals surface area contributed by atoms with Crippen molar-refractivity contribution in [3.63, 3.8) is 0 Å². The first-order chi connectivity index (χ1) is 16.3. The van der Waals surface area contributed by atoms with E-state index in [1.807, 2.05) is 30.3 Å². The summed E-state index contributed by atoms with van der Waals surface area (Å²) in [5.74, 6) is -0.412. The van der Waals surface area contributed by atoms with Crippen LogP contribution in [-0.2, 0) is 10.1 Å². The molecule has 0 saturated heterocycles. The standard InChI is InChI=1S/C24H17N3O6S/c28-24(23-13-4-8-18-7-1-2-12-22(18)23)26-25-16-17-6-3-10-20(14-17)33-34(31,32)21-11-5-9-19(15-21)27(29)30/h1-16H,(H,26,28)/b25-16-. The van der Waals surface area contributed by atoms with E-state index in [0.717, 1.165) is 16.8 Å². The Kier molecular flexibility index (Phi) is 6.33. The van der Waals surface area contributed by atoms with Gasteiger partial charge in [0.25, 0.3) is 11.6 Å². The highest BCUT2D eigenvalue weighted by Gasteiger charge is 2.20. The zero-order valence-corrected chi connectivity index (χ0v) is 18.3. The van der Waals surface area contributed by atoms with E-state index in [-0.39, 0.29) is 16.3 Å². The number of non-ortho nitro benzene ring substituents is 1. The lowest BCUT2D eigenvalue weighted by atomic mass is 10.0. The summed E-state index contributed by atoms with van der Waals surface area (Å²) in [6, 6.07) is 23.4. The first-order valence-corrected chi connectivity index (χ1v) is 11.3. The van der Waals surface area contributed by atoms with E-state index in [1.54, 1.807) is 24.3 Å². The number of nitrogens with one attached hydrogen (secondary N) is 1. The van der Waals surface area contributed by atoms with Crippen molar-refractivity contribution in [2.75, 3.05) is 0 Å². The minimum Gasteiger partial charge on any atom is -0.379 e. The number of fused-ring (bicyclic) bond motifs is 1. The van der Waals surface area contributed by atoms with E-state index >= 15 is 0 Å². The third kappa shape index (κ3) is 5.08. The molecule has 170 valence electrons. The Morgan fingerprint density at radius 3 is 2.50 bits per heavy atom. The highest BCUT2D eigenvalue weighted by atomic mass is 32.2. The van der Waals surface area contributed by atoms with E-state index in [0.29, 0.717) is 11.1 Å². The molecule has 4 aromatic rings. The van der Waals surface area contributed by atoms with Crippen LogP contribution in [0.15, 0.2) is 101 Å². The smallest absolute Gasteiger partial charge is 0.339 e. The number of nitro benzene ring substituents is 1. The molecule has 0 bridgehead atoms. The summed E-state index contributed by atoms with van der Waals surface area (Å²) in [7, 11) is -4.30. The maximum atomic E-state index is 12.6. The van der Waals surface area contributed by atoms with Crippen molar-refractivity contribution >= 4 is 38.7 Å². The summed E-state index contributed by atoms with van der Waals surface area (Å²) in [5, 5.41) is 16.6. The number of benzene rings is 4. The van der Waals surface area contributed by atoms with Crippen molar-refractivity contribution in [1.29, 1.82) is 0 Å². The molecule has 0 aliphatic rings. The van der Waals surface area contributed by atoms with Crippen molar-refractivity contribution in [3.8, 4) is 5.75 Å². The van der Waals surface area contributed by atoms with Crippen LogP contribution in [0.3, 0.4) is 0 Å². The average Bonchev–Trinajstić information content (AvgIpc) is 2.83. The second-order valence-corrected chi connectivity index (χ2v) is 8.64. The summed E-state index contributed by atoms with van der Waals surface area (Å²) in [6.45, 7) is 0. The van der Waals surface area contributed by atoms with Gasteiger partial charge in [-0.05, 0) is 40.6 Å². The average molecular weight is 475 g/mol. The van der Waals surface area contributed by atoms with Gasteiger partial charge >= 0.3 is 10.1 Å². The van der Waals surface area contributed by atoms with E-state index < -0.39 is 20.9 Å². The van der Waals surface area contributed by atoms with Gasteiger partial charge in [0, 0.05) is 17.7 Å². The SMILES string of the molecule is O=C(N/N=C\c1cccc(OS(=O)(=O)c2cccc([N+](=O)[O-])c2)c1)c1cccc2ccccc12. The van der Waals surface area contributed by atoms with Gasteiger partial charge in [-0.2, -0.15) is 13.5 Å². The minimum absolute atomic E-state index is 0.0177. The van der Waals surface area contributed by atoms with E-state index in [1.165, 1.54) is 36.5 Å². The molecule has 0 saturated carbocycles. The second kappa shape index (κ2) is 9.51. The Labute approximate surface area is 194 Å². The van der Waals surface area contributed by atoms with Crippen LogP contribution >= 0.6 is 0 Å². The number of nitrogens with zero attached hydrogens (tertiary/aromatic N) is 2. The number of hydrogen-bond donors (Lipinski definition) is 1. The zero-order chi connectivity index (χ0) is 24.1.